The maximum absolute atomic E-state index is 13.8. The van der Waals surface area contributed by atoms with Gasteiger partial charge in [-0.25, -0.2) is 4.39 Å². The Morgan fingerprint density at radius 1 is 1.41 bits per heavy atom. The van der Waals surface area contributed by atoms with Crippen molar-refractivity contribution in [2.24, 2.45) is 0 Å². The largest absolute Gasteiger partial charge is 0.309 e. The Morgan fingerprint density at radius 3 is 2.82 bits per heavy atom. The van der Waals surface area contributed by atoms with E-state index >= 15 is 0 Å². The van der Waals surface area contributed by atoms with E-state index in [0.29, 0.717) is 0 Å². The van der Waals surface area contributed by atoms with Crippen molar-refractivity contribution in [1.29, 1.82) is 0 Å². The molecule has 0 bridgehead atoms. The Bertz CT molecular complexity index is 346. The molecule has 0 fully saturated rings. The summed E-state index contributed by atoms with van der Waals surface area (Å²) in [6.07, 6.45) is 1.16. The van der Waals surface area contributed by atoms with Gasteiger partial charge in [0, 0.05) is 21.8 Å². The number of hydrogen-bond donors (Lipinski definition) is 1. The van der Waals surface area contributed by atoms with Crippen LogP contribution in [0.15, 0.2) is 22.7 Å². The highest BCUT2D eigenvalue weighted by atomic mass is 79.9. The molecule has 0 aliphatic carbocycles. The molecule has 4 heteroatoms. The Hall–Kier alpha value is -0.0600. The predicted molar refractivity (Wildman–Crippen MR) is 78.1 cm³/mol. The van der Waals surface area contributed by atoms with Gasteiger partial charge < -0.3 is 5.32 Å². The van der Waals surface area contributed by atoms with E-state index < -0.39 is 0 Å². The second-order valence-corrected chi connectivity index (χ2v) is 5.92. The summed E-state index contributed by atoms with van der Waals surface area (Å²) in [7, 11) is 0. The van der Waals surface area contributed by atoms with Crippen LogP contribution < -0.4 is 5.32 Å². The number of thioether (sulfide) groups is 1. The van der Waals surface area contributed by atoms with Gasteiger partial charge in [0.05, 0.1) is 0 Å². The van der Waals surface area contributed by atoms with Gasteiger partial charge in [-0.2, -0.15) is 11.8 Å². The van der Waals surface area contributed by atoms with Gasteiger partial charge in [0.1, 0.15) is 5.82 Å². The van der Waals surface area contributed by atoms with E-state index in [-0.39, 0.29) is 11.9 Å². The van der Waals surface area contributed by atoms with Crippen molar-refractivity contribution < 1.29 is 4.39 Å². The maximum atomic E-state index is 13.8. The Morgan fingerprint density at radius 2 is 2.18 bits per heavy atom. The van der Waals surface area contributed by atoms with E-state index in [0.717, 1.165) is 34.5 Å². The number of nitrogens with one attached hydrogen (secondary N) is 1. The van der Waals surface area contributed by atoms with Crippen molar-refractivity contribution >= 4 is 27.7 Å². The molecule has 1 rings (SSSR count). The summed E-state index contributed by atoms with van der Waals surface area (Å²) in [5, 5.41) is 3.34. The zero-order valence-electron chi connectivity index (χ0n) is 10.3. The zero-order chi connectivity index (χ0) is 12.7. The molecule has 0 heterocycles. The molecule has 0 saturated heterocycles. The molecule has 1 aromatic carbocycles. The van der Waals surface area contributed by atoms with Crippen LogP contribution in [0.1, 0.15) is 31.9 Å². The van der Waals surface area contributed by atoms with Crippen LogP contribution in [0.4, 0.5) is 4.39 Å². The van der Waals surface area contributed by atoms with E-state index in [4.69, 9.17) is 0 Å². The van der Waals surface area contributed by atoms with Crippen molar-refractivity contribution in [1.82, 2.24) is 5.32 Å². The first kappa shape index (κ1) is 15.0. The number of benzene rings is 1. The Balaban J connectivity index is 2.77. The highest BCUT2D eigenvalue weighted by Crippen LogP contribution is 2.24. The van der Waals surface area contributed by atoms with Gasteiger partial charge in [-0.05, 0) is 36.9 Å². The molecule has 96 valence electrons. The van der Waals surface area contributed by atoms with Gasteiger partial charge in [-0.3, -0.25) is 0 Å². The first-order valence-corrected chi connectivity index (χ1v) is 7.89. The van der Waals surface area contributed by atoms with E-state index in [1.54, 1.807) is 6.07 Å². The third-order valence-corrected chi connectivity index (χ3v) is 4.18. The van der Waals surface area contributed by atoms with Gasteiger partial charge in [0.25, 0.3) is 0 Å². The first-order chi connectivity index (χ1) is 8.19. The molecule has 1 aromatic rings. The molecular formula is C13H19BrFNS. The van der Waals surface area contributed by atoms with E-state index in [1.807, 2.05) is 24.8 Å². The molecule has 1 N–H and O–H groups in total. The molecule has 1 atom stereocenters. The van der Waals surface area contributed by atoms with Crippen LogP contribution in [-0.2, 0) is 0 Å². The minimum atomic E-state index is -0.128. The predicted octanol–water partition coefficient (Wildman–Crippen LogP) is 4.38. The lowest BCUT2D eigenvalue weighted by molar-refractivity contribution is 0.545. The normalized spacial score (nSPS) is 12.7. The summed E-state index contributed by atoms with van der Waals surface area (Å²) < 4.78 is 14.7. The minimum Gasteiger partial charge on any atom is -0.309 e. The van der Waals surface area contributed by atoms with E-state index in [2.05, 4.69) is 28.2 Å². The SMILES string of the molecule is CCCSCC(NCC)c1cc(Br)ccc1F. The fourth-order valence-electron chi connectivity index (χ4n) is 1.63. The van der Waals surface area contributed by atoms with Crippen molar-refractivity contribution in [3.8, 4) is 0 Å². The van der Waals surface area contributed by atoms with E-state index in [9.17, 15) is 4.39 Å². The van der Waals surface area contributed by atoms with Crippen molar-refractivity contribution in [2.45, 2.75) is 26.3 Å². The fraction of sp³-hybridized carbons (Fsp3) is 0.538. The maximum Gasteiger partial charge on any atom is 0.128 e. The molecule has 0 amide bonds. The van der Waals surface area contributed by atoms with Gasteiger partial charge in [-0.1, -0.05) is 29.8 Å². The summed E-state index contributed by atoms with van der Waals surface area (Å²) in [4.78, 5) is 0. The van der Waals surface area contributed by atoms with Gasteiger partial charge in [-0.15, -0.1) is 0 Å². The number of hydrogen-bond acceptors (Lipinski definition) is 2. The third-order valence-electron chi connectivity index (χ3n) is 2.42. The minimum absolute atomic E-state index is 0.0917. The lowest BCUT2D eigenvalue weighted by atomic mass is 10.1. The molecule has 0 saturated carbocycles. The number of rotatable bonds is 7. The van der Waals surface area contributed by atoms with E-state index in [1.165, 1.54) is 6.07 Å². The van der Waals surface area contributed by atoms with Crippen molar-refractivity contribution in [2.75, 3.05) is 18.1 Å². The summed E-state index contributed by atoms with van der Waals surface area (Å²) >= 11 is 5.26. The molecule has 17 heavy (non-hydrogen) atoms. The van der Waals surface area contributed by atoms with Crippen LogP contribution in [0.3, 0.4) is 0 Å². The van der Waals surface area contributed by atoms with Crippen LogP contribution in [-0.4, -0.2) is 18.1 Å². The highest BCUT2D eigenvalue weighted by molar-refractivity contribution is 9.10. The standard InChI is InChI=1S/C13H19BrFNS/c1-3-7-17-9-13(16-4-2)11-8-10(14)5-6-12(11)15/h5-6,8,13,16H,3-4,7,9H2,1-2H3. The van der Waals surface area contributed by atoms with Gasteiger partial charge in [0.2, 0.25) is 0 Å². The van der Waals surface area contributed by atoms with Crippen molar-refractivity contribution in [3.63, 3.8) is 0 Å². The van der Waals surface area contributed by atoms with Crippen LogP contribution in [0.25, 0.3) is 0 Å². The zero-order valence-corrected chi connectivity index (χ0v) is 12.7. The lowest BCUT2D eigenvalue weighted by Gasteiger charge is -2.19. The summed E-state index contributed by atoms with van der Waals surface area (Å²) in [5.41, 5.74) is 0.754. The third kappa shape index (κ3) is 4.98. The number of halogens is 2. The Kier molecular flexibility index (Phi) is 7.16. The van der Waals surface area contributed by atoms with Crippen LogP contribution in [0.2, 0.25) is 0 Å². The van der Waals surface area contributed by atoms with Crippen LogP contribution >= 0.6 is 27.7 Å². The average Bonchev–Trinajstić information content (AvgIpc) is 2.32. The smallest absolute Gasteiger partial charge is 0.128 e. The summed E-state index contributed by atoms with van der Waals surface area (Å²) in [6.45, 7) is 5.06. The fourth-order valence-corrected chi connectivity index (χ4v) is 3.00. The molecule has 1 unspecified atom stereocenters. The Labute approximate surface area is 116 Å². The molecule has 0 spiro atoms. The average molecular weight is 320 g/mol. The molecule has 0 aliphatic heterocycles. The van der Waals surface area contributed by atoms with Crippen LogP contribution in [0, 0.1) is 5.82 Å². The van der Waals surface area contributed by atoms with Gasteiger partial charge in [0.15, 0.2) is 0 Å². The second-order valence-electron chi connectivity index (χ2n) is 3.85. The molecular weight excluding hydrogens is 301 g/mol. The molecule has 1 nitrogen and oxygen atoms in total. The summed E-state index contributed by atoms with van der Waals surface area (Å²) in [5.74, 6) is 1.91. The highest BCUT2D eigenvalue weighted by Gasteiger charge is 2.15. The second kappa shape index (κ2) is 8.11. The molecule has 0 aromatic heterocycles. The quantitative estimate of drug-likeness (QED) is 0.748. The lowest BCUT2D eigenvalue weighted by Crippen LogP contribution is -2.24. The van der Waals surface area contributed by atoms with Crippen LogP contribution in [0.5, 0.6) is 0 Å². The monoisotopic (exact) mass is 319 g/mol. The molecule has 0 radical (unpaired) electrons. The first-order valence-electron chi connectivity index (χ1n) is 5.95. The topological polar surface area (TPSA) is 12.0 Å². The van der Waals surface area contributed by atoms with Crippen molar-refractivity contribution in [3.05, 3.63) is 34.1 Å². The summed E-state index contributed by atoms with van der Waals surface area (Å²) in [6, 6.07) is 5.22. The molecule has 0 aliphatic rings. The van der Waals surface area contributed by atoms with Gasteiger partial charge >= 0.3 is 0 Å².